The van der Waals surface area contributed by atoms with Crippen LogP contribution in [0.4, 0.5) is 0 Å². The molecule has 1 heterocycles. The van der Waals surface area contributed by atoms with Crippen molar-refractivity contribution in [1.29, 1.82) is 0 Å². The van der Waals surface area contributed by atoms with Gasteiger partial charge in [-0.05, 0) is 34.6 Å². The highest BCUT2D eigenvalue weighted by Gasteiger charge is 2.38. The fourth-order valence-corrected chi connectivity index (χ4v) is 1.87. The van der Waals surface area contributed by atoms with E-state index in [1.165, 1.54) is 0 Å². The number of hydrogen-bond donors (Lipinski definition) is 1. The zero-order valence-electron chi connectivity index (χ0n) is 9.78. The van der Waals surface area contributed by atoms with E-state index in [-0.39, 0.29) is 23.9 Å². The molecule has 0 amide bonds. The summed E-state index contributed by atoms with van der Waals surface area (Å²) < 4.78 is 11.5. The van der Waals surface area contributed by atoms with Gasteiger partial charge >= 0.3 is 0 Å². The van der Waals surface area contributed by atoms with Crippen LogP contribution < -0.4 is 0 Å². The van der Waals surface area contributed by atoms with Gasteiger partial charge in [0.2, 0.25) is 0 Å². The molecule has 0 aromatic rings. The van der Waals surface area contributed by atoms with Crippen LogP contribution in [0.3, 0.4) is 0 Å². The smallest absolute Gasteiger partial charge is 0.110 e. The van der Waals surface area contributed by atoms with Gasteiger partial charge in [0, 0.05) is 6.42 Å². The quantitative estimate of drug-likeness (QED) is 0.741. The predicted molar refractivity (Wildman–Crippen MR) is 55.3 cm³/mol. The molecule has 1 N–H and O–H groups in total. The van der Waals surface area contributed by atoms with E-state index < -0.39 is 6.10 Å². The highest BCUT2D eigenvalue weighted by atomic mass is 16.6. The molecular weight excluding hydrogens is 180 g/mol. The van der Waals surface area contributed by atoms with Gasteiger partial charge in [0.15, 0.2) is 0 Å². The molecule has 0 radical (unpaired) electrons. The Kier molecular flexibility index (Phi) is 3.56. The summed E-state index contributed by atoms with van der Waals surface area (Å²) in [4.78, 5) is 0. The van der Waals surface area contributed by atoms with Crippen molar-refractivity contribution in [3.63, 3.8) is 0 Å². The molecule has 1 unspecified atom stereocenters. The van der Waals surface area contributed by atoms with Crippen LogP contribution in [0.1, 0.15) is 41.0 Å². The Bertz CT molecular complexity index is 183. The average molecular weight is 202 g/mol. The normalized spacial score (nSPS) is 36.0. The van der Waals surface area contributed by atoms with Gasteiger partial charge in [0.1, 0.15) is 6.10 Å². The summed E-state index contributed by atoms with van der Waals surface area (Å²) in [5.74, 6) is 0. The summed E-state index contributed by atoms with van der Waals surface area (Å²) in [6.45, 7) is 9.84. The largest absolute Gasteiger partial charge is 0.391 e. The van der Waals surface area contributed by atoms with Gasteiger partial charge in [-0.1, -0.05) is 0 Å². The maximum absolute atomic E-state index is 9.53. The molecule has 0 aromatic heterocycles. The molecule has 14 heavy (non-hydrogen) atoms. The van der Waals surface area contributed by atoms with Gasteiger partial charge in [0.25, 0.3) is 0 Å². The maximum atomic E-state index is 9.53. The van der Waals surface area contributed by atoms with E-state index in [0.29, 0.717) is 0 Å². The zero-order valence-corrected chi connectivity index (χ0v) is 9.78. The molecule has 1 aliphatic rings. The topological polar surface area (TPSA) is 38.7 Å². The molecule has 0 bridgehead atoms. The van der Waals surface area contributed by atoms with Gasteiger partial charge in [-0.25, -0.2) is 0 Å². The third kappa shape index (κ3) is 3.23. The van der Waals surface area contributed by atoms with Crippen LogP contribution in [-0.2, 0) is 9.47 Å². The Morgan fingerprint density at radius 3 is 2.43 bits per heavy atom. The van der Waals surface area contributed by atoms with Crippen molar-refractivity contribution in [1.82, 2.24) is 0 Å². The zero-order chi connectivity index (χ0) is 10.9. The van der Waals surface area contributed by atoms with E-state index in [1.807, 2.05) is 27.7 Å². The SMILES string of the molecule is C[C@H]1CC(OC(C)(C)C)[C@@H]([C@@H](C)O)O1. The number of aliphatic hydroxyl groups excluding tert-OH is 1. The fourth-order valence-electron chi connectivity index (χ4n) is 1.87. The van der Waals surface area contributed by atoms with Gasteiger partial charge in [-0.3, -0.25) is 0 Å². The Balaban J connectivity index is 2.58. The van der Waals surface area contributed by atoms with Gasteiger partial charge in [0.05, 0.1) is 23.9 Å². The van der Waals surface area contributed by atoms with Gasteiger partial charge in [-0.2, -0.15) is 0 Å². The van der Waals surface area contributed by atoms with Crippen molar-refractivity contribution in [3.05, 3.63) is 0 Å². The first-order chi connectivity index (χ1) is 6.29. The van der Waals surface area contributed by atoms with Crippen LogP contribution in [0.5, 0.6) is 0 Å². The summed E-state index contributed by atoms with van der Waals surface area (Å²) >= 11 is 0. The second kappa shape index (κ2) is 4.17. The van der Waals surface area contributed by atoms with Crippen molar-refractivity contribution in [2.75, 3.05) is 0 Å². The van der Waals surface area contributed by atoms with E-state index in [9.17, 15) is 5.11 Å². The minimum atomic E-state index is -0.465. The Morgan fingerprint density at radius 1 is 1.43 bits per heavy atom. The Morgan fingerprint density at radius 2 is 2.00 bits per heavy atom. The number of rotatable bonds is 2. The lowest BCUT2D eigenvalue weighted by atomic mass is 10.1. The molecule has 1 saturated heterocycles. The first kappa shape index (κ1) is 12.0. The summed E-state index contributed by atoms with van der Waals surface area (Å²) in [5, 5.41) is 9.53. The van der Waals surface area contributed by atoms with Gasteiger partial charge < -0.3 is 14.6 Å². The molecule has 0 aromatic carbocycles. The van der Waals surface area contributed by atoms with Crippen molar-refractivity contribution in [2.45, 2.75) is 71.1 Å². The minimum absolute atomic E-state index is 0.0185. The van der Waals surface area contributed by atoms with E-state index in [0.717, 1.165) is 6.42 Å². The van der Waals surface area contributed by atoms with E-state index in [1.54, 1.807) is 6.92 Å². The number of hydrogen-bond acceptors (Lipinski definition) is 3. The van der Waals surface area contributed by atoms with E-state index >= 15 is 0 Å². The molecule has 0 saturated carbocycles. The maximum Gasteiger partial charge on any atom is 0.110 e. The predicted octanol–water partition coefficient (Wildman–Crippen LogP) is 1.73. The molecule has 3 nitrogen and oxygen atoms in total. The second-order valence-electron chi connectivity index (χ2n) is 5.16. The average Bonchev–Trinajstić information content (AvgIpc) is 2.27. The highest BCUT2D eigenvalue weighted by molar-refractivity contribution is 4.86. The molecule has 1 rings (SSSR count). The van der Waals surface area contributed by atoms with Crippen molar-refractivity contribution in [3.8, 4) is 0 Å². The summed E-state index contributed by atoms with van der Waals surface area (Å²) in [5.41, 5.74) is -0.175. The molecular formula is C11H22O3. The first-order valence-electron chi connectivity index (χ1n) is 5.31. The molecule has 84 valence electrons. The third-order valence-corrected chi connectivity index (χ3v) is 2.30. The third-order valence-electron chi connectivity index (χ3n) is 2.30. The van der Waals surface area contributed by atoms with Crippen LogP contribution in [0.25, 0.3) is 0 Å². The van der Waals surface area contributed by atoms with Crippen LogP contribution >= 0.6 is 0 Å². The van der Waals surface area contributed by atoms with Crippen molar-refractivity contribution in [2.24, 2.45) is 0 Å². The molecule has 1 aliphatic heterocycles. The summed E-state index contributed by atoms with van der Waals surface area (Å²) in [7, 11) is 0. The lowest BCUT2D eigenvalue weighted by molar-refractivity contribution is -0.118. The number of aliphatic hydroxyl groups is 1. The van der Waals surface area contributed by atoms with Crippen molar-refractivity contribution < 1.29 is 14.6 Å². The van der Waals surface area contributed by atoms with Crippen LogP contribution in [-0.4, -0.2) is 35.1 Å². The van der Waals surface area contributed by atoms with Crippen LogP contribution in [0, 0.1) is 0 Å². The van der Waals surface area contributed by atoms with E-state index in [4.69, 9.17) is 9.47 Å². The lowest BCUT2D eigenvalue weighted by Crippen LogP contribution is -2.38. The van der Waals surface area contributed by atoms with Crippen LogP contribution in [0.15, 0.2) is 0 Å². The lowest BCUT2D eigenvalue weighted by Gasteiger charge is -2.29. The molecule has 0 aliphatic carbocycles. The fraction of sp³-hybridized carbons (Fsp3) is 1.00. The molecule has 3 heteroatoms. The molecule has 1 fully saturated rings. The van der Waals surface area contributed by atoms with Crippen LogP contribution in [0.2, 0.25) is 0 Å². The molecule has 0 spiro atoms. The Hall–Kier alpha value is -0.120. The summed E-state index contributed by atoms with van der Waals surface area (Å²) in [6, 6.07) is 0. The summed E-state index contributed by atoms with van der Waals surface area (Å²) in [6.07, 6.45) is 0.427. The van der Waals surface area contributed by atoms with Gasteiger partial charge in [-0.15, -0.1) is 0 Å². The monoisotopic (exact) mass is 202 g/mol. The minimum Gasteiger partial charge on any atom is -0.391 e. The second-order valence-corrected chi connectivity index (χ2v) is 5.16. The molecule has 4 atom stereocenters. The number of ether oxygens (including phenoxy) is 2. The Labute approximate surface area is 86.4 Å². The highest BCUT2D eigenvalue weighted by Crippen LogP contribution is 2.28. The van der Waals surface area contributed by atoms with E-state index in [2.05, 4.69) is 0 Å². The van der Waals surface area contributed by atoms with Crippen molar-refractivity contribution >= 4 is 0 Å². The standard InChI is InChI=1S/C11H22O3/c1-7-6-9(14-11(3,4)5)10(13-7)8(2)12/h7-10,12H,6H2,1-5H3/t7-,8+,9?,10+/m0/s1. The first-order valence-corrected chi connectivity index (χ1v) is 5.31.